The molecule has 102 valence electrons. The highest BCUT2D eigenvalue weighted by atomic mass is 16.1. The molecule has 2 aromatic heterocycles. The van der Waals surface area contributed by atoms with E-state index in [9.17, 15) is 4.79 Å². The number of nitrogens with zero attached hydrogens (tertiary/aromatic N) is 4. The van der Waals surface area contributed by atoms with Crippen LogP contribution in [0.15, 0.2) is 10.9 Å². The van der Waals surface area contributed by atoms with E-state index in [1.54, 1.807) is 4.40 Å². The van der Waals surface area contributed by atoms with Crippen molar-refractivity contribution in [2.24, 2.45) is 0 Å². The van der Waals surface area contributed by atoms with Crippen LogP contribution >= 0.6 is 0 Å². The van der Waals surface area contributed by atoms with Crippen LogP contribution in [0.4, 0.5) is 5.95 Å². The average Bonchev–Trinajstić information content (AvgIpc) is 2.35. The minimum atomic E-state index is -0.261. The predicted molar refractivity (Wildman–Crippen MR) is 77.0 cm³/mol. The van der Waals surface area contributed by atoms with Crippen LogP contribution in [0.1, 0.15) is 30.2 Å². The van der Waals surface area contributed by atoms with Gasteiger partial charge in [-0.3, -0.25) is 0 Å². The molecule has 0 spiro atoms. The molecule has 0 radical (unpaired) electrons. The van der Waals surface area contributed by atoms with Crippen LogP contribution in [-0.4, -0.2) is 28.0 Å². The molecule has 0 atom stereocenters. The van der Waals surface area contributed by atoms with Crippen molar-refractivity contribution in [3.05, 3.63) is 33.4 Å². The van der Waals surface area contributed by atoms with Gasteiger partial charge in [0.1, 0.15) is 5.65 Å². The molecule has 0 N–H and O–H groups in total. The molecule has 2 aromatic rings. The van der Waals surface area contributed by atoms with Crippen molar-refractivity contribution in [3.8, 4) is 0 Å². The molecule has 19 heavy (non-hydrogen) atoms. The maximum atomic E-state index is 12.2. The lowest BCUT2D eigenvalue weighted by atomic mass is 10.1. The van der Waals surface area contributed by atoms with E-state index >= 15 is 0 Å². The highest BCUT2D eigenvalue weighted by molar-refractivity contribution is 5.54. The Morgan fingerprint density at radius 1 is 1.26 bits per heavy atom. The largest absolute Gasteiger partial charge is 0.356 e. The fraction of sp³-hybridized carbons (Fsp3) is 0.500. The first-order chi connectivity index (χ1) is 8.95. The van der Waals surface area contributed by atoms with Gasteiger partial charge in [0.2, 0.25) is 5.95 Å². The van der Waals surface area contributed by atoms with Gasteiger partial charge in [-0.2, -0.15) is 9.97 Å². The summed E-state index contributed by atoms with van der Waals surface area (Å²) in [7, 11) is 1.91. The maximum Gasteiger partial charge on any atom is 0.356 e. The van der Waals surface area contributed by atoms with Gasteiger partial charge in [0.15, 0.2) is 0 Å². The Kier molecular flexibility index (Phi) is 3.55. The van der Waals surface area contributed by atoms with E-state index in [1.807, 2.05) is 38.8 Å². The lowest BCUT2D eigenvalue weighted by Gasteiger charge is -2.17. The van der Waals surface area contributed by atoms with Gasteiger partial charge < -0.3 is 4.90 Å². The van der Waals surface area contributed by atoms with Crippen molar-refractivity contribution in [1.82, 2.24) is 14.4 Å². The van der Waals surface area contributed by atoms with E-state index in [0.29, 0.717) is 11.6 Å². The highest BCUT2D eigenvalue weighted by Gasteiger charge is 2.12. The van der Waals surface area contributed by atoms with Gasteiger partial charge in [-0.05, 0) is 44.4 Å². The number of pyridine rings is 1. The predicted octanol–water partition coefficient (Wildman–Crippen LogP) is 1.86. The number of hydrogen-bond acceptors (Lipinski definition) is 4. The summed E-state index contributed by atoms with van der Waals surface area (Å²) in [4.78, 5) is 22.7. The van der Waals surface area contributed by atoms with Gasteiger partial charge in [0.05, 0.1) is 0 Å². The Morgan fingerprint density at radius 3 is 2.58 bits per heavy atom. The molecule has 0 aliphatic rings. The molecule has 0 fully saturated rings. The van der Waals surface area contributed by atoms with Crippen LogP contribution in [-0.2, 0) is 0 Å². The molecule has 5 heteroatoms. The highest BCUT2D eigenvalue weighted by Crippen LogP contribution is 2.15. The molecule has 0 bridgehead atoms. The summed E-state index contributed by atoms with van der Waals surface area (Å²) < 4.78 is 1.58. The molecule has 5 nitrogen and oxygen atoms in total. The summed E-state index contributed by atoms with van der Waals surface area (Å²) in [5.41, 5.74) is 3.47. The van der Waals surface area contributed by atoms with E-state index < -0.39 is 0 Å². The third kappa shape index (κ3) is 2.32. The quantitative estimate of drug-likeness (QED) is 0.845. The fourth-order valence-corrected chi connectivity index (χ4v) is 2.23. The Labute approximate surface area is 112 Å². The van der Waals surface area contributed by atoms with E-state index in [1.165, 1.54) is 0 Å². The summed E-state index contributed by atoms with van der Waals surface area (Å²) in [5.74, 6) is 0.500. The summed E-state index contributed by atoms with van der Waals surface area (Å²) in [6, 6.07) is 1.99. The lowest BCUT2D eigenvalue weighted by molar-refractivity contribution is 0.795. The number of aryl methyl sites for hydroxylation is 3. The number of anilines is 1. The third-order valence-corrected chi connectivity index (χ3v) is 3.41. The van der Waals surface area contributed by atoms with Crippen LogP contribution in [0.25, 0.3) is 5.65 Å². The fourth-order valence-electron chi connectivity index (χ4n) is 2.23. The standard InChI is InChI=1S/C14H20N4O/c1-6-7-17(5)13-15-12-11(4)9(2)8-10(3)18(12)14(19)16-13/h8H,6-7H2,1-5H3. The van der Waals surface area contributed by atoms with Crippen molar-refractivity contribution in [3.63, 3.8) is 0 Å². The summed E-state index contributed by atoms with van der Waals surface area (Å²) in [5, 5.41) is 0. The summed E-state index contributed by atoms with van der Waals surface area (Å²) in [6.45, 7) is 8.84. The molecule has 0 saturated carbocycles. The minimum absolute atomic E-state index is 0.261. The Bertz CT molecular complexity index is 675. The number of aromatic nitrogens is 3. The maximum absolute atomic E-state index is 12.2. The molecule has 2 heterocycles. The van der Waals surface area contributed by atoms with Crippen molar-refractivity contribution in [1.29, 1.82) is 0 Å². The first-order valence-electron chi connectivity index (χ1n) is 6.54. The molecule has 0 amide bonds. The Morgan fingerprint density at radius 2 is 1.95 bits per heavy atom. The lowest BCUT2D eigenvalue weighted by Crippen LogP contribution is -2.28. The number of rotatable bonds is 3. The first kappa shape index (κ1) is 13.5. The van der Waals surface area contributed by atoms with Crippen molar-refractivity contribution in [2.45, 2.75) is 34.1 Å². The second kappa shape index (κ2) is 4.99. The van der Waals surface area contributed by atoms with Gasteiger partial charge in [-0.1, -0.05) is 6.92 Å². The van der Waals surface area contributed by atoms with E-state index in [2.05, 4.69) is 16.9 Å². The van der Waals surface area contributed by atoms with Gasteiger partial charge in [-0.25, -0.2) is 9.20 Å². The minimum Gasteiger partial charge on any atom is -0.344 e. The molecule has 2 rings (SSSR count). The smallest absolute Gasteiger partial charge is 0.344 e. The van der Waals surface area contributed by atoms with Crippen LogP contribution in [0, 0.1) is 20.8 Å². The van der Waals surface area contributed by atoms with Crippen LogP contribution < -0.4 is 10.6 Å². The molecule has 0 aliphatic heterocycles. The van der Waals surface area contributed by atoms with Crippen LogP contribution in [0.2, 0.25) is 0 Å². The van der Waals surface area contributed by atoms with Gasteiger partial charge >= 0.3 is 5.69 Å². The monoisotopic (exact) mass is 260 g/mol. The number of fused-ring (bicyclic) bond motifs is 1. The van der Waals surface area contributed by atoms with Gasteiger partial charge in [-0.15, -0.1) is 0 Å². The van der Waals surface area contributed by atoms with Crippen molar-refractivity contribution in [2.75, 3.05) is 18.5 Å². The molecule has 0 aliphatic carbocycles. The van der Waals surface area contributed by atoms with Crippen LogP contribution in [0.5, 0.6) is 0 Å². The zero-order chi connectivity index (χ0) is 14.2. The zero-order valence-electron chi connectivity index (χ0n) is 12.2. The molecular formula is C14H20N4O. The zero-order valence-corrected chi connectivity index (χ0v) is 12.2. The van der Waals surface area contributed by atoms with E-state index in [0.717, 1.165) is 29.8 Å². The van der Waals surface area contributed by atoms with Crippen molar-refractivity contribution < 1.29 is 0 Å². The average molecular weight is 260 g/mol. The first-order valence-corrected chi connectivity index (χ1v) is 6.54. The Balaban J connectivity index is 2.75. The molecule has 0 saturated heterocycles. The second-order valence-corrected chi connectivity index (χ2v) is 4.98. The SMILES string of the molecule is CCCN(C)c1nc(=O)n2c(C)cc(C)c(C)c2n1. The van der Waals surface area contributed by atoms with E-state index in [4.69, 9.17) is 0 Å². The number of hydrogen-bond donors (Lipinski definition) is 0. The Hall–Kier alpha value is -1.91. The van der Waals surface area contributed by atoms with Gasteiger partial charge in [0, 0.05) is 19.3 Å². The van der Waals surface area contributed by atoms with Crippen LogP contribution in [0.3, 0.4) is 0 Å². The molecule has 0 aromatic carbocycles. The summed E-state index contributed by atoms with van der Waals surface area (Å²) in [6.07, 6.45) is 0.991. The normalized spacial score (nSPS) is 11.0. The van der Waals surface area contributed by atoms with Crippen molar-refractivity contribution >= 4 is 11.6 Å². The molecule has 0 unspecified atom stereocenters. The second-order valence-electron chi connectivity index (χ2n) is 4.98. The van der Waals surface area contributed by atoms with Gasteiger partial charge in [0.25, 0.3) is 0 Å². The summed E-state index contributed by atoms with van der Waals surface area (Å²) >= 11 is 0. The molecular weight excluding hydrogens is 240 g/mol. The van der Waals surface area contributed by atoms with E-state index in [-0.39, 0.29) is 5.69 Å². The topological polar surface area (TPSA) is 50.5 Å². The third-order valence-electron chi connectivity index (χ3n) is 3.41.